The Hall–Kier alpha value is -3.32. The highest BCUT2D eigenvalue weighted by Gasteiger charge is 2.36. The first-order valence-corrected chi connectivity index (χ1v) is 12.6. The van der Waals surface area contributed by atoms with Gasteiger partial charge in [-0.3, -0.25) is 14.6 Å². The summed E-state index contributed by atoms with van der Waals surface area (Å²) in [5.41, 5.74) is 4.10. The summed E-state index contributed by atoms with van der Waals surface area (Å²) in [5, 5.41) is 0. The zero-order chi connectivity index (χ0) is 25.4. The summed E-state index contributed by atoms with van der Waals surface area (Å²) in [7, 11) is 0. The van der Waals surface area contributed by atoms with Crippen molar-refractivity contribution in [3.8, 4) is 11.1 Å². The van der Waals surface area contributed by atoms with E-state index < -0.39 is 0 Å². The minimum absolute atomic E-state index is 0.0594. The number of pyridine rings is 2. The predicted octanol–water partition coefficient (Wildman–Crippen LogP) is 4.50. The minimum Gasteiger partial charge on any atom is -0.376 e. The third-order valence-electron chi connectivity index (χ3n) is 7.36. The predicted molar refractivity (Wildman–Crippen MR) is 136 cm³/mol. The lowest BCUT2D eigenvalue weighted by Gasteiger charge is -2.38. The van der Waals surface area contributed by atoms with E-state index in [9.17, 15) is 14.0 Å². The summed E-state index contributed by atoms with van der Waals surface area (Å²) in [6, 6.07) is 10.5. The molecule has 0 aliphatic carbocycles. The molecular weight excluding hydrogens is 457 g/mol. The van der Waals surface area contributed by atoms with Crippen molar-refractivity contribution < 1.29 is 13.9 Å². The van der Waals surface area contributed by atoms with Crippen LogP contribution in [0, 0.1) is 18.7 Å². The molecule has 0 radical (unpaired) electrons. The summed E-state index contributed by atoms with van der Waals surface area (Å²) in [5.74, 6) is -0.208. The van der Waals surface area contributed by atoms with Crippen LogP contribution in [0.25, 0.3) is 11.1 Å². The first-order chi connectivity index (χ1) is 17.2. The Balaban J connectivity index is 1.54. The molecule has 4 heterocycles. The summed E-state index contributed by atoms with van der Waals surface area (Å²) >= 11 is 0. The van der Waals surface area contributed by atoms with Gasteiger partial charge in [-0.2, -0.15) is 0 Å². The van der Waals surface area contributed by atoms with Gasteiger partial charge in [0.15, 0.2) is 0 Å². The van der Waals surface area contributed by atoms with Gasteiger partial charge in [0.2, 0.25) is 5.91 Å². The Morgan fingerprint density at radius 1 is 1.25 bits per heavy atom. The topological polar surface area (TPSA) is 64.4 Å². The second-order valence-corrected chi connectivity index (χ2v) is 10.6. The highest BCUT2D eigenvalue weighted by Crippen LogP contribution is 2.32. The molecule has 6 nitrogen and oxygen atoms in total. The van der Waals surface area contributed by atoms with Crippen molar-refractivity contribution in [1.82, 2.24) is 14.5 Å². The first kappa shape index (κ1) is 24.4. The molecule has 2 aliphatic heterocycles. The maximum atomic E-state index is 14.0. The molecule has 2 aliphatic rings. The number of fused-ring (bicyclic) bond motifs is 1. The van der Waals surface area contributed by atoms with Gasteiger partial charge in [0.05, 0.1) is 12.1 Å². The lowest BCUT2D eigenvalue weighted by atomic mass is 9.87. The van der Waals surface area contributed by atoms with Gasteiger partial charge in [0.1, 0.15) is 5.82 Å². The number of rotatable bonds is 4. The first-order valence-electron chi connectivity index (χ1n) is 12.6. The van der Waals surface area contributed by atoms with Crippen molar-refractivity contribution in [2.24, 2.45) is 5.92 Å². The zero-order valence-corrected chi connectivity index (χ0v) is 21.1. The van der Waals surface area contributed by atoms with Gasteiger partial charge in [0, 0.05) is 55.7 Å². The Kier molecular flexibility index (Phi) is 6.51. The van der Waals surface area contributed by atoms with Crippen LogP contribution in [0.2, 0.25) is 0 Å². The second kappa shape index (κ2) is 9.62. The average Bonchev–Trinajstić information content (AvgIpc) is 2.86. The fourth-order valence-electron chi connectivity index (χ4n) is 5.47. The van der Waals surface area contributed by atoms with Crippen LogP contribution in [0.15, 0.2) is 53.6 Å². The van der Waals surface area contributed by atoms with E-state index in [1.165, 1.54) is 6.07 Å². The molecule has 1 saturated heterocycles. The van der Waals surface area contributed by atoms with Crippen LogP contribution in [0.4, 0.5) is 4.39 Å². The van der Waals surface area contributed by atoms with Crippen LogP contribution in [-0.2, 0) is 29.0 Å². The van der Waals surface area contributed by atoms with Gasteiger partial charge in [-0.25, -0.2) is 4.39 Å². The van der Waals surface area contributed by atoms with Gasteiger partial charge < -0.3 is 14.2 Å². The lowest BCUT2D eigenvalue weighted by molar-refractivity contribution is -0.146. The van der Waals surface area contributed by atoms with Crippen molar-refractivity contribution in [3.63, 3.8) is 0 Å². The van der Waals surface area contributed by atoms with Gasteiger partial charge in [-0.1, -0.05) is 12.1 Å². The van der Waals surface area contributed by atoms with Crippen molar-refractivity contribution in [1.29, 1.82) is 0 Å². The third kappa shape index (κ3) is 4.85. The normalized spacial score (nSPS) is 19.1. The average molecular weight is 490 g/mol. The number of aromatic nitrogens is 2. The number of carbonyl (C=O) groups is 1. The van der Waals surface area contributed by atoms with Gasteiger partial charge >= 0.3 is 0 Å². The maximum Gasteiger partial charge on any atom is 0.258 e. The number of benzene rings is 1. The van der Waals surface area contributed by atoms with Crippen LogP contribution in [-0.4, -0.2) is 39.1 Å². The summed E-state index contributed by atoms with van der Waals surface area (Å²) in [6.45, 7) is 7.77. The molecule has 0 saturated carbocycles. The quantitative estimate of drug-likeness (QED) is 0.542. The Labute approximate surface area is 210 Å². The fourth-order valence-corrected chi connectivity index (χ4v) is 5.47. The highest BCUT2D eigenvalue weighted by molar-refractivity contribution is 5.79. The molecular formula is C29H32FN3O3. The highest BCUT2D eigenvalue weighted by atomic mass is 19.1. The number of nitrogens with zero attached hydrogens (tertiary/aromatic N) is 3. The molecule has 1 aromatic carbocycles. The Morgan fingerprint density at radius 3 is 2.81 bits per heavy atom. The largest absolute Gasteiger partial charge is 0.376 e. The van der Waals surface area contributed by atoms with Gasteiger partial charge in [-0.15, -0.1) is 0 Å². The number of halogens is 1. The Bertz CT molecular complexity index is 1350. The molecule has 1 atom stereocenters. The van der Waals surface area contributed by atoms with E-state index in [0.717, 1.165) is 23.2 Å². The molecule has 188 valence electrons. The molecule has 1 fully saturated rings. The number of hydrogen-bond acceptors (Lipinski definition) is 4. The van der Waals surface area contributed by atoms with E-state index >= 15 is 0 Å². The van der Waals surface area contributed by atoms with E-state index in [1.54, 1.807) is 36.0 Å². The van der Waals surface area contributed by atoms with Crippen LogP contribution < -0.4 is 5.56 Å². The number of carbonyl (C=O) groups excluding carboxylic acids is 1. The summed E-state index contributed by atoms with van der Waals surface area (Å²) in [6.07, 6.45) is 5.51. The van der Waals surface area contributed by atoms with E-state index in [1.807, 2.05) is 36.9 Å². The molecule has 1 amide bonds. The number of aryl methyl sites for hydroxylation is 1. The second-order valence-electron chi connectivity index (χ2n) is 10.6. The number of ether oxygens (including phenoxy) is 1. The van der Waals surface area contributed by atoms with Crippen molar-refractivity contribution in [2.75, 3.05) is 13.2 Å². The third-order valence-corrected chi connectivity index (χ3v) is 7.36. The number of amides is 1. The van der Waals surface area contributed by atoms with Crippen LogP contribution in [0.1, 0.15) is 49.1 Å². The summed E-state index contributed by atoms with van der Waals surface area (Å²) < 4.78 is 21.6. The minimum atomic E-state index is -0.302. The molecule has 7 heteroatoms. The van der Waals surface area contributed by atoms with E-state index in [-0.39, 0.29) is 28.8 Å². The van der Waals surface area contributed by atoms with Gasteiger partial charge in [-0.05, 0) is 80.1 Å². The maximum absolute atomic E-state index is 14.0. The van der Waals surface area contributed by atoms with Crippen molar-refractivity contribution in [3.05, 3.63) is 87.3 Å². The number of hydrogen-bond donors (Lipinski definition) is 0. The van der Waals surface area contributed by atoms with Crippen molar-refractivity contribution in [2.45, 2.75) is 58.7 Å². The molecule has 0 spiro atoms. The smallest absolute Gasteiger partial charge is 0.258 e. The lowest BCUT2D eigenvalue weighted by Crippen LogP contribution is -2.46. The molecule has 0 N–H and O–H groups in total. The van der Waals surface area contributed by atoms with Crippen LogP contribution in [0.3, 0.4) is 0 Å². The van der Waals surface area contributed by atoms with Crippen molar-refractivity contribution >= 4 is 5.91 Å². The Morgan fingerprint density at radius 2 is 2.08 bits per heavy atom. The molecule has 2 aromatic heterocycles. The standard InChI is InChI=1S/C29H32FN3O3/c1-19-13-21(6-7-25(19)30)24-14-23-18-32(27(34)22-9-12-36-29(2,3)15-22)11-8-26(23)33(28(24)35)17-20-5-4-10-31-16-20/h4-7,10,13-14,16,22H,8-9,11-12,15,17-18H2,1-3H3. The van der Waals surface area contributed by atoms with Crippen LogP contribution in [0.5, 0.6) is 0 Å². The molecule has 0 bridgehead atoms. The van der Waals surface area contributed by atoms with Crippen LogP contribution >= 0.6 is 0 Å². The summed E-state index contributed by atoms with van der Waals surface area (Å²) in [4.78, 5) is 33.3. The molecule has 3 aromatic rings. The SMILES string of the molecule is Cc1cc(-c2cc3c(n(Cc4cccnc4)c2=O)CCN(C(=O)C2CCOC(C)(C)C2)C3)ccc1F. The zero-order valence-electron chi connectivity index (χ0n) is 21.1. The fraction of sp³-hybridized carbons (Fsp3) is 0.414. The van der Waals surface area contributed by atoms with Gasteiger partial charge in [0.25, 0.3) is 5.56 Å². The van der Waals surface area contributed by atoms with E-state index in [4.69, 9.17) is 4.74 Å². The monoisotopic (exact) mass is 489 g/mol. The molecule has 1 unspecified atom stereocenters. The van der Waals surface area contributed by atoms with E-state index in [0.29, 0.717) is 55.8 Å². The molecule has 5 rings (SSSR count). The van der Waals surface area contributed by atoms with E-state index in [2.05, 4.69) is 4.98 Å². The molecule has 36 heavy (non-hydrogen) atoms.